The summed E-state index contributed by atoms with van der Waals surface area (Å²) in [6.45, 7) is 6.18. The van der Waals surface area contributed by atoms with E-state index in [9.17, 15) is 9.59 Å². The summed E-state index contributed by atoms with van der Waals surface area (Å²) in [6, 6.07) is 38.8. The Morgan fingerprint density at radius 3 is 1.59 bits per heavy atom. The van der Waals surface area contributed by atoms with E-state index < -0.39 is 12.9 Å². The van der Waals surface area contributed by atoms with E-state index in [1.54, 1.807) is 12.1 Å². The fraction of sp³-hybridized carbons (Fsp3) is 0.212. The van der Waals surface area contributed by atoms with E-state index >= 15 is 0 Å². The molecule has 0 aliphatic carbocycles. The zero-order valence-electron chi connectivity index (χ0n) is 22.5. The number of esters is 1. The van der Waals surface area contributed by atoms with Crippen LogP contribution < -0.4 is 37.8 Å². The van der Waals surface area contributed by atoms with E-state index in [0.29, 0.717) is 12.1 Å². The van der Waals surface area contributed by atoms with Gasteiger partial charge in [-0.15, -0.1) is 0 Å². The average Bonchev–Trinajstić information content (AvgIpc) is 3.31. The van der Waals surface area contributed by atoms with Crippen molar-refractivity contribution in [1.29, 1.82) is 0 Å². The number of benzene rings is 4. The minimum atomic E-state index is -2.33. The molecule has 1 aliphatic rings. The number of carbonyl (C=O) groups is 2. The molecule has 1 amide bonds. The molecule has 1 heterocycles. The maximum absolute atomic E-state index is 14.3. The Kier molecular flexibility index (Phi) is 8.73. The summed E-state index contributed by atoms with van der Waals surface area (Å²) >= 11 is 0. The monoisotopic (exact) mass is 601 g/mol. The number of carbonyl (C=O) groups excluding carboxylic acids is 2. The Labute approximate surface area is 242 Å². The summed E-state index contributed by atoms with van der Waals surface area (Å²) in [5, 5.41) is 3.62. The smallest absolute Gasteiger partial charge is 0.338 e. The van der Waals surface area contributed by atoms with Crippen LogP contribution >= 0.6 is 7.26 Å². The SMILES string of the molecule is CC(C)(C)OC(=O)c1ccc(N2CC[C@@H]([P+](c3ccccc3)(c3ccccc3)c3ccccc3)C2=O)cc1.[Br-]. The van der Waals surface area contributed by atoms with Crippen LogP contribution in [0.2, 0.25) is 0 Å². The second kappa shape index (κ2) is 11.9. The van der Waals surface area contributed by atoms with Crippen LogP contribution in [-0.4, -0.2) is 29.7 Å². The van der Waals surface area contributed by atoms with Gasteiger partial charge in [-0.1, -0.05) is 54.6 Å². The number of hydrogen-bond acceptors (Lipinski definition) is 3. The van der Waals surface area contributed by atoms with E-state index in [0.717, 1.165) is 12.1 Å². The molecule has 0 radical (unpaired) electrons. The third-order valence-corrected chi connectivity index (χ3v) is 11.7. The first-order chi connectivity index (χ1) is 18.3. The van der Waals surface area contributed by atoms with Crippen molar-refractivity contribution in [3.63, 3.8) is 0 Å². The Morgan fingerprint density at radius 2 is 1.18 bits per heavy atom. The highest BCUT2D eigenvalue weighted by atomic mass is 79.9. The zero-order valence-corrected chi connectivity index (χ0v) is 24.9. The van der Waals surface area contributed by atoms with E-state index in [2.05, 4.69) is 72.8 Å². The molecule has 1 saturated heterocycles. The van der Waals surface area contributed by atoms with Crippen LogP contribution in [0.4, 0.5) is 5.69 Å². The summed E-state index contributed by atoms with van der Waals surface area (Å²) in [5.41, 5.74) is 0.525. The standard InChI is InChI=1S/C33H33NO3P.BrH/c1-33(2,3)37-32(36)25-19-21-26(22-20-25)34-24-23-30(31(34)35)38(27-13-7-4-8-14-27,28-15-9-5-10-16-28)29-17-11-6-12-18-29;/h4-22,30H,23-24H2,1-3H3;1H/q+1;/p-1/t30-;/m1./s1. The van der Waals surface area contributed by atoms with Gasteiger partial charge in [0.05, 0.1) is 5.56 Å². The van der Waals surface area contributed by atoms with Crippen LogP contribution in [0.15, 0.2) is 115 Å². The summed E-state index contributed by atoms with van der Waals surface area (Å²) in [4.78, 5) is 28.7. The van der Waals surface area contributed by atoms with Gasteiger partial charge in [-0.25, -0.2) is 4.79 Å². The number of ether oxygens (including phenoxy) is 1. The summed E-state index contributed by atoms with van der Waals surface area (Å²) in [6.07, 6.45) is 0.749. The molecule has 0 N–H and O–H groups in total. The van der Waals surface area contributed by atoms with Crippen molar-refractivity contribution in [1.82, 2.24) is 0 Å². The maximum Gasteiger partial charge on any atom is 0.338 e. The lowest BCUT2D eigenvalue weighted by atomic mass is 10.1. The first kappa shape index (κ1) is 28.7. The molecule has 1 aliphatic heterocycles. The largest absolute Gasteiger partial charge is 1.00 e. The van der Waals surface area contributed by atoms with Gasteiger partial charge < -0.3 is 26.6 Å². The molecular formula is C33H33BrNO3P. The molecule has 4 nitrogen and oxygen atoms in total. The molecule has 5 rings (SSSR count). The highest BCUT2D eigenvalue weighted by Crippen LogP contribution is 2.62. The van der Waals surface area contributed by atoms with Crippen molar-refractivity contribution < 1.29 is 31.3 Å². The molecule has 0 saturated carbocycles. The molecule has 4 aromatic carbocycles. The fourth-order valence-electron chi connectivity index (χ4n) is 5.37. The Morgan fingerprint density at radius 1 is 0.744 bits per heavy atom. The number of anilines is 1. The van der Waals surface area contributed by atoms with Crippen LogP contribution in [0, 0.1) is 0 Å². The molecule has 200 valence electrons. The Hall–Kier alpha value is -3.27. The summed E-state index contributed by atoms with van der Waals surface area (Å²) in [7, 11) is -2.33. The second-order valence-electron chi connectivity index (χ2n) is 10.6. The van der Waals surface area contributed by atoms with Gasteiger partial charge in [-0.05, 0) is 81.4 Å². The fourth-order valence-corrected chi connectivity index (χ4v) is 10.2. The molecule has 4 aromatic rings. The molecule has 0 unspecified atom stereocenters. The predicted octanol–water partition coefficient (Wildman–Crippen LogP) is 2.75. The van der Waals surface area contributed by atoms with E-state index in [1.807, 2.05) is 56.0 Å². The summed E-state index contributed by atoms with van der Waals surface area (Å²) < 4.78 is 5.50. The number of halogens is 1. The van der Waals surface area contributed by atoms with Gasteiger partial charge in [-0.2, -0.15) is 0 Å². The van der Waals surface area contributed by atoms with Crippen molar-refractivity contribution in [2.24, 2.45) is 0 Å². The van der Waals surface area contributed by atoms with E-state index in [1.165, 1.54) is 15.9 Å². The summed E-state index contributed by atoms with van der Waals surface area (Å²) in [5.74, 6) is -0.239. The van der Waals surface area contributed by atoms with Gasteiger partial charge >= 0.3 is 5.97 Å². The minimum Gasteiger partial charge on any atom is -1.00 e. The lowest BCUT2D eigenvalue weighted by molar-refractivity contribution is -0.116. The third-order valence-electron chi connectivity index (χ3n) is 6.95. The average molecular weight is 603 g/mol. The van der Waals surface area contributed by atoms with Gasteiger partial charge in [-0.3, -0.25) is 4.79 Å². The van der Waals surface area contributed by atoms with Crippen LogP contribution in [0.25, 0.3) is 0 Å². The topological polar surface area (TPSA) is 46.6 Å². The lowest BCUT2D eigenvalue weighted by Gasteiger charge is -2.32. The highest BCUT2D eigenvalue weighted by molar-refractivity contribution is 7.97. The van der Waals surface area contributed by atoms with Crippen LogP contribution in [0.1, 0.15) is 37.6 Å². The van der Waals surface area contributed by atoms with Gasteiger partial charge in [0.25, 0.3) is 5.91 Å². The molecule has 0 bridgehead atoms. The van der Waals surface area contributed by atoms with Crippen molar-refractivity contribution in [2.75, 3.05) is 11.4 Å². The number of rotatable bonds is 6. The number of hydrogen-bond donors (Lipinski definition) is 0. The van der Waals surface area contributed by atoms with Gasteiger partial charge in [0.2, 0.25) is 0 Å². The maximum atomic E-state index is 14.3. The first-order valence-corrected chi connectivity index (χ1v) is 14.9. The van der Waals surface area contributed by atoms with Gasteiger partial charge in [0.15, 0.2) is 5.66 Å². The van der Waals surface area contributed by atoms with Crippen molar-refractivity contribution in [2.45, 2.75) is 38.5 Å². The van der Waals surface area contributed by atoms with Crippen LogP contribution in [0.5, 0.6) is 0 Å². The van der Waals surface area contributed by atoms with Crippen LogP contribution in [-0.2, 0) is 9.53 Å². The molecule has 1 atom stereocenters. The third kappa shape index (κ3) is 5.71. The molecule has 0 aromatic heterocycles. The normalized spacial score (nSPS) is 15.5. The second-order valence-corrected chi connectivity index (χ2v) is 14.2. The highest BCUT2D eigenvalue weighted by Gasteiger charge is 2.58. The Balaban J connectivity index is 0.00000353. The Bertz CT molecular complexity index is 1310. The van der Waals surface area contributed by atoms with E-state index in [4.69, 9.17) is 4.74 Å². The minimum absolute atomic E-state index is 0. The molecule has 6 heteroatoms. The zero-order chi connectivity index (χ0) is 26.8. The van der Waals surface area contributed by atoms with Crippen molar-refractivity contribution >= 4 is 40.7 Å². The van der Waals surface area contributed by atoms with Gasteiger partial charge in [0.1, 0.15) is 28.8 Å². The number of nitrogens with zero attached hydrogens (tertiary/aromatic N) is 1. The van der Waals surface area contributed by atoms with Crippen LogP contribution in [0.3, 0.4) is 0 Å². The van der Waals surface area contributed by atoms with E-state index in [-0.39, 0.29) is 34.5 Å². The quantitative estimate of drug-likeness (QED) is 0.252. The van der Waals surface area contributed by atoms with Crippen molar-refractivity contribution in [3.8, 4) is 0 Å². The lowest BCUT2D eigenvalue weighted by Crippen LogP contribution is -3.00. The molecule has 0 spiro atoms. The molecule has 1 fully saturated rings. The number of amides is 1. The molecular weight excluding hydrogens is 569 g/mol. The van der Waals surface area contributed by atoms with Crippen molar-refractivity contribution in [3.05, 3.63) is 121 Å². The molecule has 39 heavy (non-hydrogen) atoms. The predicted molar refractivity (Wildman–Crippen MR) is 158 cm³/mol. The first-order valence-electron chi connectivity index (χ1n) is 13.0. The van der Waals surface area contributed by atoms with Gasteiger partial charge in [0, 0.05) is 18.7 Å².